The molecule has 1 heterocycles. The normalized spacial score (nSPS) is 13.7. The third kappa shape index (κ3) is 38.5. The lowest BCUT2D eigenvalue weighted by Crippen LogP contribution is -2.36. The Morgan fingerprint density at radius 1 is 0.529 bits per heavy atom. The molecule has 1 unspecified atom stereocenters. The van der Waals surface area contributed by atoms with Gasteiger partial charge in [0.2, 0.25) is 5.91 Å². The molecule has 1 aliphatic heterocycles. The molecule has 4 amide bonds. The standard InChI is InChI=1S/C51H92N3O13P/c1-3-5-7-9-11-13-15-17-19-21-23-25-27-29-31-33-49(58)64-43-45(67-50(59)34-32-30-28-26-24-22-20-18-16-14-12-10-8-6-4-2)44-66-68(61,62)65-42-39-53-51(60)63-41-38-52-46(55)37-40-54-47(56)35-36-48(54)57/h35-36,45H,3-34,37-44H2,1-2H3,(H,52,55)(H,53,60)(H,61,62)/t45-/m1/s1. The van der Waals surface area contributed by atoms with E-state index in [-0.39, 0.29) is 52.1 Å². The van der Waals surface area contributed by atoms with Crippen LogP contribution >= 0.6 is 7.82 Å². The van der Waals surface area contributed by atoms with Gasteiger partial charge < -0.3 is 29.7 Å². The molecule has 1 rings (SSSR count). The second kappa shape index (κ2) is 43.7. The molecule has 3 N–H and O–H groups in total. The minimum atomic E-state index is -4.68. The first-order valence-corrected chi connectivity index (χ1v) is 28.1. The second-order valence-corrected chi connectivity index (χ2v) is 19.6. The van der Waals surface area contributed by atoms with Gasteiger partial charge in [0.1, 0.15) is 13.2 Å². The Balaban J connectivity index is 2.37. The van der Waals surface area contributed by atoms with Gasteiger partial charge >= 0.3 is 25.9 Å². The van der Waals surface area contributed by atoms with E-state index in [1.165, 1.54) is 141 Å². The number of ether oxygens (including phenoxy) is 3. The summed E-state index contributed by atoms with van der Waals surface area (Å²) in [6.07, 6.45) is 36.7. The lowest BCUT2D eigenvalue weighted by molar-refractivity contribution is -0.161. The summed E-state index contributed by atoms with van der Waals surface area (Å²) < 4.78 is 38.7. The van der Waals surface area contributed by atoms with Crippen LogP contribution in [0, 0.1) is 0 Å². The quantitative estimate of drug-likeness (QED) is 0.0170. The maximum atomic E-state index is 12.8. The molecule has 17 heteroatoms. The van der Waals surface area contributed by atoms with Gasteiger partial charge in [0.05, 0.1) is 19.8 Å². The highest BCUT2D eigenvalue weighted by Crippen LogP contribution is 2.43. The molecule has 0 spiro atoms. The number of phosphoric ester groups is 1. The molecule has 0 radical (unpaired) electrons. The van der Waals surface area contributed by atoms with Gasteiger partial charge in [-0.2, -0.15) is 0 Å². The van der Waals surface area contributed by atoms with E-state index in [9.17, 15) is 38.2 Å². The molecule has 0 aromatic heterocycles. The third-order valence-corrected chi connectivity index (χ3v) is 12.9. The second-order valence-electron chi connectivity index (χ2n) is 18.1. The molecule has 0 aromatic rings. The first-order chi connectivity index (χ1) is 33.0. The summed E-state index contributed by atoms with van der Waals surface area (Å²) in [4.78, 5) is 83.8. The van der Waals surface area contributed by atoms with Gasteiger partial charge in [0.15, 0.2) is 6.10 Å². The van der Waals surface area contributed by atoms with Crippen molar-refractivity contribution in [3.8, 4) is 0 Å². The minimum Gasteiger partial charge on any atom is -0.462 e. The van der Waals surface area contributed by atoms with Crippen LogP contribution in [0.15, 0.2) is 12.2 Å². The molecular weight excluding hydrogens is 894 g/mol. The zero-order valence-electron chi connectivity index (χ0n) is 42.3. The van der Waals surface area contributed by atoms with Crippen molar-refractivity contribution in [3.05, 3.63) is 12.2 Å². The number of alkyl carbamates (subject to hydrolysis) is 1. The van der Waals surface area contributed by atoms with Gasteiger partial charge in [-0.1, -0.05) is 194 Å². The summed E-state index contributed by atoms with van der Waals surface area (Å²) in [5, 5.41) is 4.84. The van der Waals surface area contributed by atoms with Gasteiger partial charge in [-0.25, -0.2) is 9.36 Å². The highest BCUT2D eigenvalue weighted by atomic mass is 31.2. The molecule has 0 saturated heterocycles. The van der Waals surface area contributed by atoms with Crippen molar-refractivity contribution in [2.45, 2.75) is 232 Å². The third-order valence-electron chi connectivity index (χ3n) is 11.9. The number of hydrogen-bond donors (Lipinski definition) is 3. The highest BCUT2D eigenvalue weighted by molar-refractivity contribution is 7.47. The van der Waals surface area contributed by atoms with Gasteiger partial charge in [-0.3, -0.25) is 37.9 Å². The van der Waals surface area contributed by atoms with Crippen LogP contribution in [0.4, 0.5) is 4.79 Å². The molecule has 0 aromatic carbocycles. The fourth-order valence-corrected chi connectivity index (χ4v) is 8.52. The summed E-state index contributed by atoms with van der Waals surface area (Å²) in [6.45, 7) is 2.65. The average molecular weight is 986 g/mol. The number of nitrogens with zero attached hydrogens (tertiary/aromatic N) is 1. The van der Waals surface area contributed by atoms with E-state index in [2.05, 4.69) is 24.5 Å². The summed E-state index contributed by atoms with van der Waals surface area (Å²) >= 11 is 0. The van der Waals surface area contributed by atoms with Crippen molar-refractivity contribution in [1.82, 2.24) is 15.5 Å². The van der Waals surface area contributed by atoms with Crippen LogP contribution in [0.25, 0.3) is 0 Å². The van der Waals surface area contributed by atoms with Crippen LogP contribution < -0.4 is 10.6 Å². The monoisotopic (exact) mass is 986 g/mol. The summed E-state index contributed by atoms with van der Waals surface area (Å²) in [6, 6.07) is 0. The lowest BCUT2D eigenvalue weighted by atomic mass is 10.0. The number of imide groups is 1. The number of carbonyl (C=O) groups is 6. The van der Waals surface area contributed by atoms with Crippen molar-refractivity contribution in [2.24, 2.45) is 0 Å². The zero-order chi connectivity index (χ0) is 49.8. The highest BCUT2D eigenvalue weighted by Gasteiger charge is 2.27. The molecule has 0 fully saturated rings. The average Bonchev–Trinajstić information content (AvgIpc) is 3.64. The van der Waals surface area contributed by atoms with E-state index < -0.39 is 62.9 Å². The Labute approximate surface area is 409 Å². The van der Waals surface area contributed by atoms with Crippen LogP contribution in [0.3, 0.4) is 0 Å². The van der Waals surface area contributed by atoms with Crippen LogP contribution in [-0.4, -0.2) is 97.7 Å². The van der Waals surface area contributed by atoms with Crippen LogP contribution in [0.1, 0.15) is 226 Å². The largest absolute Gasteiger partial charge is 0.472 e. The smallest absolute Gasteiger partial charge is 0.462 e. The maximum Gasteiger partial charge on any atom is 0.472 e. The van der Waals surface area contributed by atoms with Crippen molar-refractivity contribution >= 4 is 43.6 Å². The number of carbonyl (C=O) groups excluding carboxylic acids is 6. The van der Waals surface area contributed by atoms with Crippen molar-refractivity contribution in [1.29, 1.82) is 0 Å². The summed E-state index contributed by atoms with van der Waals surface area (Å²) in [5.74, 6) is -2.38. The number of esters is 2. The number of phosphoric acid groups is 1. The molecule has 0 saturated carbocycles. The van der Waals surface area contributed by atoms with Crippen molar-refractivity contribution < 1.29 is 61.5 Å². The topological polar surface area (TPSA) is 213 Å². The number of unbranched alkanes of at least 4 members (excludes halogenated alkanes) is 28. The summed E-state index contributed by atoms with van der Waals surface area (Å²) in [7, 11) is -4.68. The molecule has 394 valence electrons. The van der Waals surface area contributed by atoms with Gasteiger partial charge in [-0.05, 0) is 12.8 Å². The Hall–Kier alpha value is -3.33. The predicted molar refractivity (Wildman–Crippen MR) is 264 cm³/mol. The predicted octanol–water partition coefficient (Wildman–Crippen LogP) is 11.3. The van der Waals surface area contributed by atoms with E-state index >= 15 is 0 Å². The fourth-order valence-electron chi connectivity index (χ4n) is 7.77. The van der Waals surface area contributed by atoms with Crippen LogP contribution in [0.5, 0.6) is 0 Å². The number of nitrogens with one attached hydrogen (secondary N) is 2. The molecule has 68 heavy (non-hydrogen) atoms. The molecule has 1 aliphatic rings. The molecular formula is C51H92N3O13P. The number of amides is 4. The zero-order valence-corrected chi connectivity index (χ0v) is 43.2. The van der Waals surface area contributed by atoms with Crippen molar-refractivity contribution in [3.63, 3.8) is 0 Å². The van der Waals surface area contributed by atoms with Gasteiger partial charge in [0.25, 0.3) is 11.8 Å². The minimum absolute atomic E-state index is 0.0252. The Bertz CT molecular complexity index is 1410. The summed E-state index contributed by atoms with van der Waals surface area (Å²) in [5.41, 5.74) is 0. The molecule has 0 bridgehead atoms. The van der Waals surface area contributed by atoms with E-state index in [1.54, 1.807) is 0 Å². The van der Waals surface area contributed by atoms with E-state index in [1.807, 2.05) is 0 Å². The van der Waals surface area contributed by atoms with Gasteiger partial charge in [-0.15, -0.1) is 0 Å². The van der Waals surface area contributed by atoms with E-state index in [4.69, 9.17) is 23.3 Å². The molecule has 0 aliphatic carbocycles. The SMILES string of the molecule is CCCCCCCCCCCCCCCCCC(=O)OC[C@H](COP(=O)(O)OCCNC(=O)OCCNC(=O)CCN1C(=O)C=CC1=O)OC(=O)CCCCCCCCCCCCCCCCC. The lowest BCUT2D eigenvalue weighted by Gasteiger charge is -2.20. The Morgan fingerprint density at radius 3 is 1.40 bits per heavy atom. The van der Waals surface area contributed by atoms with E-state index in [0.29, 0.717) is 12.8 Å². The Morgan fingerprint density at radius 2 is 0.941 bits per heavy atom. The Kier molecular flexibility index (Phi) is 40.3. The molecule has 16 nitrogen and oxygen atoms in total. The van der Waals surface area contributed by atoms with Crippen LogP contribution in [-0.2, 0) is 51.8 Å². The first kappa shape index (κ1) is 62.7. The van der Waals surface area contributed by atoms with Crippen LogP contribution in [0.2, 0.25) is 0 Å². The number of rotatable bonds is 48. The fraction of sp³-hybridized carbons (Fsp3) is 0.843. The number of hydrogen-bond acceptors (Lipinski definition) is 12. The van der Waals surface area contributed by atoms with E-state index in [0.717, 1.165) is 55.6 Å². The van der Waals surface area contributed by atoms with Gasteiger partial charge in [0, 0.05) is 44.5 Å². The maximum absolute atomic E-state index is 12.8. The first-order valence-electron chi connectivity index (χ1n) is 26.6. The van der Waals surface area contributed by atoms with Crippen molar-refractivity contribution in [2.75, 3.05) is 46.1 Å². The molecule has 2 atom stereocenters.